The van der Waals surface area contributed by atoms with Crippen molar-refractivity contribution in [2.24, 2.45) is 0 Å². The first-order valence-corrected chi connectivity index (χ1v) is 5.17. The van der Waals surface area contributed by atoms with E-state index in [1.54, 1.807) is 0 Å². The second-order valence-electron chi connectivity index (χ2n) is 3.18. The number of hydrogen-bond acceptors (Lipinski definition) is 2. The molecule has 0 aliphatic carbocycles. The summed E-state index contributed by atoms with van der Waals surface area (Å²) in [5.41, 5.74) is 1.90. The van der Waals surface area contributed by atoms with Crippen LogP contribution >= 0.6 is 15.9 Å². The Morgan fingerprint density at radius 3 is 2.93 bits per heavy atom. The van der Waals surface area contributed by atoms with Crippen molar-refractivity contribution in [2.75, 3.05) is 6.54 Å². The van der Waals surface area contributed by atoms with Crippen molar-refractivity contribution in [1.29, 1.82) is 0 Å². The first-order valence-electron chi connectivity index (χ1n) is 4.37. The van der Waals surface area contributed by atoms with Crippen LogP contribution in [0, 0.1) is 0 Å². The monoisotopic (exact) mass is 256 g/mol. The molecular weight excluding hydrogens is 248 g/mol. The fourth-order valence-electron chi connectivity index (χ4n) is 1.68. The first-order chi connectivity index (χ1) is 6.74. The smallest absolute Gasteiger partial charge is 0.254 e. The van der Waals surface area contributed by atoms with Gasteiger partial charge in [0, 0.05) is 6.54 Å². The number of rotatable bonds is 1. The zero-order valence-electron chi connectivity index (χ0n) is 7.39. The molecule has 0 saturated carbocycles. The highest BCUT2D eigenvalue weighted by Crippen LogP contribution is 2.25. The van der Waals surface area contributed by atoms with Crippen LogP contribution in [0.25, 0.3) is 0 Å². The number of halogens is 1. The Morgan fingerprint density at radius 2 is 2.21 bits per heavy atom. The minimum atomic E-state index is -0.117. The predicted molar refractivity (Wildman–Crippen MR) is 54.5 cm³/mol. The summed E-state index contributed by atoms with van der Waals surface area (Å²) in [6, 6.07) is 0. The molecule has 4 nitrogen and oxygen atoms in total. The number of fused-ring (bicyclic) bond motifs is 1. The van der Waals surface area contributed by atoms with Crippen molar-refractivity contribution in [3.8, 4) is 0 Å². The topological polar surface area (TPSA) is 62.0 Å². The minimum absolute atomic E-state index is 0.117. The second-order valence-corrected chi connectivity index (χ2v) is 3.98. The number of aromatic amines is 1. The number of aromatic nitrogens is 1. The van der Waals surface area contributed by atoms with Crippen molar-refractivity contribution in [3.05, 3.63) is 21.4 Å². The molecule has 0 spiro atoms. The Hall–Kier alpha value is -1.10. The van der Waals surface area contributed by atoms with Crippen molar-refractivity contribution >= 4 is 28.1 Å². The van der Waals surface area contributed by atoms with E-state index >= 15 is 0 Å². The SMILES string of the molecule is O=Cc1[nH]c(Br)c2c1CCCNC2=O. The van der Waals surface area contributed by atoms with Crippen molar-refractivity contribution in [1.82, 2.24) is 10.3 Å². The van der Waals surface area contributed by atoms with Gasteiger partial charge in [0.05, 0.1) is 15.9 Å². The summed E-state index contributed by atoms with van der Waals surface area (Å²) in [7, 11) is 0. The van der Waals surface area contributed by atoms with Crippen LogP contribution in [0.3, 0.4) is 0 Å². The molecule has 1 amide bonds. The molecule has 1 aliphatic heterocycles. The van der Waals surface area contributed by atoms with Crippen molar-refractivity contribution in [2.45, 2.75) is 12.8 Å². The lowest BCUT2D eigenvalue weighted by molar-refractivity contribution is 0.0955. The molecule has 1 aromatic rings. The highest BCUT2D eigenvalue weighted by molar-refractivity contribution is 9.10. The summed E-state index contributed by atoms with van der Waals surface area (Å²) >= 11 is 3.24. The zero-order chi connectivity index (χ0) is 10.1. The first kappa shape index (κ1) is 9.45. The molecule has 2 heterocycles. The molecule has 0 atom stereocenters. The van der Waals surface area contributed by atoms with Gasteiger partial charge in [0.2, 0.25) is 0 Å². The van der Waals surface area contributed by atoms with Crippen molar-refractivity contribution < 1.29 is 9.59 Å². The molecule has 1 aliphatic rings. The van der Waals surface area contributed by atoms with Crippen LogP contribution in [0.15, 0.2) is 4.60 Å². The van der Waals surface area contributed by atoms with Gasteiger partial charge in [-0.05, 0) is 34.3 Å². The lowest BCUT2D eigenvalue weighted by Crippen LogP contribution is -2.22. The maximum Gasteiger partial charge on any atom is 0.254 e. The number of H-pyrrole nitrogens is 1. The summed E-state index contributed by atoms with van der Waals surface area (Å²) in [6.07, 6.45) is 2.37. The Bertz CT molecular complexity index is 398. The van der Waals surface area contributed by atoms with Crippen LogP contribution in [0.5, 0.6) is 0 Å². The van der Waals surface area contributed by atoms with E-state index in [-0.39, 0.29) is 5.91 Å². The fraction of sp³-hybridized carbons (Fsp3) is 0.333. The molecule has 0 radical (unpaired) electrons. The number of aldehydes is 1. The fourth-order valence-corrected chi connectivity index (χ4v) is 2.31. The number of nitrogens with one attached hydrogen (secondary N) is 2. The molecule has 0 bridgehead atoms. The van der Waals surface area contributed by atoms with Gasteiger partial charge in [-0.1, -0.05) is 0 Å². The van der Waals surface area contributed by atoms with Gasteiger partial charge in [-0.2, -0.15) is 0 Å². The molecule has 0 fully saturated rings. The van der Waals surface area contributed by atoms with E-state index in [4.69, 9.17) is 0 Å². The van der Waals surface area contributed by atoms with Gasteiger partial charge >= 0.3 is 0 Å². The van der Waals surface area contributed by atoms with Crippen LogP contribution in [0.4, 0.5) is 0 Å². The third-order valence-corrected chi connectivity index (χ3v) is 2.92. The van der Waals surface area contributed by atoms with E-state index in [0.717, 1.165) is 24.7 Å². The number of hydrogen-bond donors (Lipinski definition) is 2. The minimum Gasteiger partial charge on any atom is -0.352 e. The molecule has 1 aromatic heterocycles. The van der Waals surface area contributed by atoms with E-state index in [0.29, 0.717) is 22.4 Å². The lowest BCUT2D eigenvalue weighted by atomic mass is 10.1. The third-order valence-electron chi connectivity index (χ3n) is 2.32. The van der Waals surface area contributed by atoms with Crippen LogP contribution in [0.1, 0.15) is 32.8 Å². The molecule has 74 valence electrons. The number of amides is 1. The molecular formula is C9H9BrN2O2. The van der Waals surface area contributed by atoms with Gasteiger partial charge in [0.25, 0.3) is 5.91 Å². The summed E-state index contributed by atoms with van der Waals surface area (Å²) in [5, 5.41) is 2.77. The quantitative estimate of drug-likeness (QED) is 0.744. The van der Waals surface area contributed by atoms with E-state index in [1.807, 2.05) is 0 Å². The molecule has 5 heteroatoms. The summed E-state index contributed by atoms with van der Waals surface area (Å²) < 4.78 is 0.592. The lowest BCUT2D eigenvalue weighted by Gasteiger charge is -1.98. The van der Waals surface area contributed by atoms with Gasteiger partial charge < -0.3 is 10.3 Å². The highest BCUT2D eigenvalue weighted by atomic mass is 79.9. The van der Waals surface area contributed by atoms with Crippen LogP contribution < -0.4 is 5.32 Å². The van der Waals surface area contributed by atoms with E-state index in [9.17, 15) is 9.59 Å². The third kappa shape index (κ3) is 1.37. The van der Waals surface area contributed by atoms with Gasteiger partial charge in [-0.3, -0.25) is 9.59 Å². The van der Waals surface area contributed by atoms with Crippen LogP contribution in [0.2, 0.25) is 0 Å². The maximum atomic E-state index is 11.6. The van der Waals surface area contributed by atoms with Crippen molar-refractivity contribution in [3.63, 3.8) is 0 Å². The van der Waals surface area contributed by atoms with Gasteiger partial charge in [0.15, 0.2) is 6.29 Å². The normalized spacial score (nSPS) is 15.6. The van der Waals surface area contributed by atoms with E-state index < -0.39 is 0 Å². The summed E-state index contributed by atoms with van der Waals surface area (Å²) in [6.45, 7) is 0.665. The largest absolute Gasteiger partial charge is 0.352 e. The molecule has 14 heavy (non-hydrogen) atoms. The van der Waals surface area contributed by atoms with E-state index in [2.05, 4.69) is 26.2 Å². The Kier molecular flexibility index (Phi) is 2.41. The molecule has 0 unspecified atom stereocenters. The standard InChI is InChI=1S/C9H9BrN2O2/c10-8-7-5(6(4-13)12-8)2-1-3-11-9(7)14/h4,12H,1-3H2,(H,11,14). The second kappa shape index (κ2) is 3.57. The summed E-state index contributed by atoms with van der Waals surface area (Å²) in [5.74, 6) is -0.117. The van der Waals surface area contributed by atoms with Crippen LogP contribution in [-0.4, -0.2) is 23.7 Å². The Balaban J connectivity index is 2.59. The average Bonchev–Trinajstić information content (AvgIpc) is 2.35. The Morgan fingerprint density at radius 1 is 1.43 bits per heavy atom. The predicted octanol–water partition coefficient (Wildman–Crippen LogP) is 1.27. The molecule has 2 N–H and O–H groups in total. The molecule has 2 rings (SSSR count). The van der Waals surface area contributed by atoms with Gasteiger partial charge in [0.1, 0.15) is 0 Å². The molecule has 0 aromatic carbocycles. The summed E-state index contributed by atoms with van der Waals surface area (Å²) in [4.78, 5) is 25.2. The highest BCUT2D eigenvalue weighted by Gasteiger charge is 2.23. The van der Waals surface area contributed by atoms with E-state index in [1.165, 1.54) is 0 Å². The Labute approximate surface area is 89.2 Å². The van der Waals surface area contributed by atoms with Crippen LogP contribution in [-0.2, 0) is 6.42 Å². The van der Waals surface area contributed by atoms with Gasteiger partial charge in [-0.25, -0.2) is 0 Å². The van der Waals surface area contributed by atoms with Gasteiger partial charge in [-0.15, -0.1) is 0 Å². The number of carbonyl (C=O) groups excluding carboxylic acids is 2. The average molecular weight is 257 g/mol. The number of carbonyl (C=O) groups is 2. The molecule has 0 saturated heterocycles. The zero-order valence-corrected chi connectivity index (χ0v) is 8.98. The maximum absolute atomic E-state index is 11.6.